The number of benzene rings is 1. The van der Waals surface area contributed by atoms with Crippen LogP contribution in [0.3, 0.4) is 0 Å². The van der Waals surface area contributed by atoms with Gasteiger partial charge in [0.2, 0.25) is 15.9 Å². The van der Waals surface area contributed by atoms with Crippen molar-refractivity contribution in [2.45, 2.75) is 31.6 Å². The lowest BCUT2D eigenvalue weighted by Crippen LogP contribution is -2.22. The third-order valence-corrected chi connectivity index (χ3v) is 6.01. The van der Waals surface area contributed by atoms with E-state index in [1.807, 2.05) is 25.6 Å². The molecule has 8 heteroatoms. The molecule has 0 aliphatic heterocycles. The van der Waals surface area contributed by atoms with E-state index in [0.29, 0.717) is 18.5 Å². The Morgan fingerprint density at radius 1 is 1.20 bits per heavy atom. The van der Waals surface area contributed by atoms with Gasteiger partial charge in [0, 0.05) is 38.9 Å². The Labute approximate surface area is 148 Å². The molecule has 0 aliphatic rings. The number of anilines is 1. The number of hydrogen-bond acceptors (Lipinski definition) is 4. The maximum atomic E-state index is 12.1. The maximum Gasteiger partial charge on any atom is 0.242 e. The second kappa shape index (κ2) is 7.37. The van der Waals surface area contributed by atoms with Crippen LogP contribution in [0.25, 0.3) is 0 Å². The highest BCUT2D eigenvalue weighted by molar-refractivity contribution is 7.89. The molecule has 0 fully saturated rings. The summed E-state index contributed by atoms with van der Waals surface area (Å²) in [5.74, 6) is -0.120. The Morgan fingerprint density at radius 2 is 1.80 bits per heavy atom. The SMILES string of the molecule is Cc1nn(C)c(C)c1CCC(=O)Nc1ccc(S(=O)(=O)N(C)C)cc1. The zero-order valence-electron chi connectivity index (χ0n) is 15.2. The van der Waals surface area contributed by atoms with Crippen LogP contribution in [0.15, 0.2) is 29.2 Å². The molecule has 0 bridgehead atoms. The van der Waals surface area contributed by atoms with Gasteiger partial charge < -0.3 is 5.32 Å². The number of carbonyl (C=O) groups excluding carboxylic acids is 1. The lowest BCUT2D eigenvalue weighted by molar-refractivity contribution is -0.116. The molecule has 1 aromatic carbocycles. The molecule has 0 unspecified atom stereocenters. The topological polar surface area (TPSA) is 84.3 Å². The number of carbonyl (C=O) groups is 1. The molecule has 0 aliphatic carbocycles. The average Bonchev–Trinajstić information content (AvgIpc) is 2.78. The number of nitrogens with one attached hydrogen (secondary N) is 1. The number of hydrogen-bond donors (Lipinski definition) is 1. The lowest BCUT2D eigenvalue weighted by Gasteiger charge is -2.12. The Kier molecular flexibility index (Phi) is 5.64. The molecule has 2 aromatic rings. The van der Waals surface area contributed by atoms with E-state index in [1.165, 1.54) is 26.2 Å². The molecule has 2 rings (SSSR count). The Hall–Kier alpha value is -2.19. The number of nitrogens with zero attached hydrogens (tertiary/aromatic N) is 3. The summed E-state index contributed by atoms with van der Waals surface area (Å²) in [6, 6.07) is 6.16. The molecule has 1 heterocycles. The number of aryl methyl sites for hydroxylation is 2. The molecule has 1 N–H and O–H groups in total. The zero-order valence-corrected chi connectivity index (χ0v) is 16.0. The smallest absolute Gasteiger partial charge is 0.242 e. The van der Waals surface area contributed by atoms with Crippen molar-refractivity contribution in [2.24, 2.45) is 7.05 Å². The van der Waals surface area contributed by atoms with Gasteiger partial charge in [-0.05, 0) is 50.1 Å². The van der Waals surface area contributed by atoms with Crippen LogP contribution in [-0.4, -0.2) is 42.5 Å². The van der Waals surface area contributed by atoms with E-state index >= 15 is 0 Å². The molecular formula is C17H24N4O3S. The van der Waals surface area contributed by atoms with Crippen molar-refractivity contribution in [3.8, 4) is 0 Å². The average molecular weight is 364 g/mol. The highest BCUT2D eigenvalue weighted by Crippen LogP contribution is 2.18. The molecule has 0 spiro atoms. The third-order valence-electron chi connectivity index (χ3n) is 4.18. The standard InChI is InChI=1S/C17H24N4O3S/c1-12-16(13(2)21(5)19-12)10-11-17(22)18-14-6-8-15(9-7-14)25(23,24)20(3)4/h6-9H,10-11H2,1-5H3,(H,18,22). The summed E-state index contributed by atoms with van der Waals surface area (Å²) >= 11 is 0. The largest absolute Gasteiger partial charge is 0.326 e. The van der Waals surface area contributed by atoms with E-state index < -0.39 is 10.0 Å². The van der Waals surface area contributed by atoms with Crippen molar-refractivity contribution < 1.29 is 13.2 Å². The highest BCUT2D eigenvalue weighted by Gasteiger charge is 2.17. The first-order valence-electron chi connectivity index (χ1n) is 7.94. The van der Waals surface area contributed by atoms with Crippen LogP contribution in [0.1, 0.15) is 23.4 Å². The van der Waals surface area contributed by atoms with Crippen LogP contribution in [0.2, 0.25) is 0 Å². The molecule has 1 amide bonds. The van der Waals surface area contributed by atoms with Gasteiger partial charge >= 0.3 is 0 Å². The van der Waals surface area contributed by atoms with Crippen molar-refractivity contribution in [3.05, 3.63) is 41.2 Å². The minimum absolute atomic E-state index is 0.120. The van der Waals surface area contributed by atoms with Gasteiger partial charge in [-0.25, -0.2) is 12.7 Å². The fourth-order valence-corrected chi connectivity index (χ4v) is 3.46. The van der Waals surface area contributed by atoms with Crippen LogP contribution < -0.4 is 5.32 Å². The number of aromatic nitrogens is 2. The quantitative estimate of drug-likeness (QED) is 0.848. The fourth-order valence-electron chi connectivity index (χ4n) is 2.56. The number of sulfonamides is 1. The lowest BCUT2D eigenvalue weighted by atomic mass is 10.1. The Morgan fingerprint density at radius 3 is 2.28 bits per heavy atom. The van der Waals surface area contributed by atoms with Crippen LogP contribution >= 0.6 is 0 Å². The first kappa shape index (κ1) is 19.1. The Balaban J connectivity index is 1.99. The summed E-state index contributed by atoms with van der Waals surface area (Å²) in [6.45, 7) is 3.92. The summed E-state index contributed by atoms with van der Waals surface area (Å²) in [6.07, 6.45) is 0.954. The van der Waals surface area contributed by atoms with Crippen LogP contribution in [0, 0.1) is 13.8 Å². The molecule has 1 aromatic heterocycles. The van der Waals surface area contributed by atoms with Crippen molar-refractivity contribution in [3.63, 3.8) is 0 Å². The third kappa shape index (κ3) is 4.26. The molecule has 136 valence electrons. The first-order chi connectivity index (χ1) is 11.6. The van der Waals surface area contributed by atoms with Gasteiger partial charge in [0.25, 0.3) is 0 Å². The predicted molar refractivity (Wildman–Crippen MR) is 96.9 cm³/mol. The summed E-state index contributed by atoms with van der Waals surface area (Å²) in [5.41, 5.74) is 3.65. The molecular weight excluding hydrogens is 340 g/mol. The highest BCUT2D eigenvalue weighted by atomic mass is 32.2. The van der Waals surface area contributed by atoms with E-state index in [1.54, 1.807) is 12.1 Å². The van der Waals surface area contributed by atoms with E-state index in [0.717, 1.165) is 21.3 Å². The summed E-state index contributed by atoms with van der Waals surface area (Å²) in [7, 11) is 1.38. The minimum Gasteiger partial charge on any atom is -0.326 e. The summed E-state index contributed by atoms with van der Waals surface area (Å²) in [4.78, 5) is 12.3. The number of rotatable bonds is 6. The van der Waals surface area contributed by atoms with Gasteiger partial charge in [-0.15, -0.1) is 0 Å². The van der Waals surface area contributed by atoms with E-state index in [-0.39, 0.29) is 10.8 Å². The molecule has 0 saturated heterocycles. The maximum absolute atomic E-state index is 12.1. The van der Waals surface area contributed by atoms with Gasteiger partial charge in [-0.2, -0.15) is 5.10 Å². The van der Waals surface area contributed by atoms with Gasteiger partial charge in [0.1, 0.15) is 0 Å². The Bertz CT molecular complexity index is 868. The fraction of sp³-hybridized carbons (Fsp3) is 0.412. The first-order valence-corrected chi connectivity index (χ1v) is 9.38. The monoisotopic (exact) mass is 364 g/mol. The number of amides is 1. The van der Waals surface area contributed by atoms with Crippen molar-refractivity contribution in [1.29, 1.82) is 0 Å². The second-order valence-electron chi connectivity index (χ2n) is 6.13. The minimum atomic E-state index is -3.46. The van der Waals surface area contributed by atoms with Gasteiger partial charge in [0.05, 0.1) is 10.6 Å². The molecule has 0 radical (unpaired) electrons. The molecule has 7 nitrogen and oxygen atoms in total. The van der Waals surface area contributed by atoms with Crippen molar-refractivity contribution >= 4 is 21.6 Å². The van der Waals surface area contributed by atoms with Gasteiger partial charge in [-0.1, -0.05) is 0 Å². The van der Waals surface area contributed by atoms with Crippen LogP contribution in [0.4, 0.5) is 5.69 Å². The van der Waals surface area contributed by atoms with Gasteiger partial charge in [-0.3, -0.25) is 9.48 Å². The molecule has 0 atom stereocenters. The summed E-state index contributed by atoms with van der Waals surface area (Å²) in [5, 5.41) is 7.13. The van der Waals surface area contributed by atoms with Gasteiger partial charge in [0.15, 0.2) is 0 Å². The van der Waals surface area contributed by atoms with Crippen LogP contribution in [-0.2, 0) is 28.3 Å². The molecule has 0 saturated carbocycles. The summed E-state index contributed by atoms with van der Waals surface area (Å²) < 4.78 is 27.0. The van der Waals surface area contributed by atoms with E-state index in [9.17, 15) is 13.2 Å². The van der Waals surface area contributed by atoms with Crippen LogP contribution in [0.5, 0.6) is 0 Å². The van der Waals surface area contributed by atoms with Crippen molar-refractivity contribution in [1.82, 2.24) is 14.1 Å². The van der Waals surface area contributed by atoms with E-state index in [2.05, 4.69) is 10.4 Å². The zero-order chi connectivity index (χ0) is 18.8. The normalized spacial score (nSPS) is 11.8. The van der Waals surface area contributed by atoms with Crippen molar-refractivity contribution in [2.75, 3.05) is 19.4 Å². The second-order valence-corrected chi connectivity index (χ2v) is 8.28. The predicted octanol–water partition coefficient (Wildman–Crippen LogP) is 1.86. The molecule has 25 heavy (non-hydrogen) atoms. The van der Waals surface area contributed by atoms with E-state index in [4.69, 9.17) is 0 Å².